The smallest absolute Gasteiger partial charge is 0.336 e. The lowest BCUT2D eigenvalue weighted by Gasteiger charge is -2.26. The summed E-state index contributed by atoms with van der Waals surface area (Å²) in [6.45, 7) is 0. The molecule has 0 saturated carbocycles. The predicted molar refractivity (Wildman–Crippen MR) is 121 cm³/mol. The van der Waals surface area contributed by atoms with Gasteiger partial charge in [0.2, 0.25) is 0 Å². The molecule has 0 aromatic heterocycles. The fourth-order valence-corrected chi connectivity index (χ4v) is 5.36. The van der Waals surface area contributed by atoms with Gasteiger partial charge in [0, 0.05) is 16.4 Å². The number of benzene rings is 3. The van der Waals surface area contributed by atoms with Crippen molar-refractivity contribution in [2.24, 2.45) is 0 Å². The van der Waals surface area contributed by atoms with Gasteiger partial charge in [-0.05, 0) is 103 Å². The summed E-state index contributed by atoms with van der Waals surface area (Å²) in [7, 11) is 0. The third-order valence-electron chi connectivity index (χ3n) is 6.89. The van der Waals surface area contributed by atoms with E-state index in [0.717, 1.165) is 65.5 Å². The topological polar surface area (TPSA) is 46.5 Å². The van der Waals surface area contributed by atoms with Crippen LogP contribution in [0.5, 0.6) is 11.5 Å². The van der Waals surface area contributed by atoms with Crippen molar-refractivity contribution in [3.05, 3.63) is 92.3 Å². The number of hydrogen-bond acceptors (Lipinski definition) is 2. The zero-order valence-corrected chi connectivity index (χ0v) is 17.4. The van der Waals surface area contributed by atoms with Crippen molar-refractivity contribution in [2.75, 3.05) is 0 Å². The van der Waals surface area contributed by atoms with Gasteiger partial charge in [-0.1, -0.05) is 24.3 Å². The average molecular weight is 408 g/mol. The lowest BCUT2D eigenvalue weighted by atomic mass is 9.84. The van der Waals surface area contributed by atoms with Crippen LogP contribution in [0.1, 0.15) is 63.9 Å². The van der Waals surface area contributed by atoms with Gasteiger partial charge < -0.3 is 9.84 Å². The molecule has 3 aromatic rings. The molecule has 1 aliphatic heterocycles. The number of aromatic carboxylic acids is 1. The van der Waals surface area contributed by atoms with E-state index in [4.69, 9.17) is 4.74 Å². The minimum Gasteiger partial charge on any atom is -0.478 e. The number of carboxylic acid groups (broad SMARTS) is 1. The molecule has 154 valence electrons. The fourth-order valence-electron chi connectivity index (χ4n) is 5.36. The Hall–Kier alpha value is -3.33. The van der Waals surface area contributed by atoms with Crippen LogP contribution < -0.4 is 15.2 Å². The van der Waals surface area contributed by atoms with Crippen molar-refractivity contribution in [2.45, 2.75) is 44.9 Å². The first-order chi connectivity index (χ1) is 15.2. The number of rotatable bonds is 2. The number of ether oxygens (including phenoxy) is 1. The van der Waals surface area contributed by atoms with Crippen molar-refractivity contribution in [3.63, 3.8) is 0 Å². The van der Waals surface area contributed by atoms with Crippen LogP contribution in [0.3, 0.4) is 0 Å². The fraction of sp³-hybridized carbons (Fsp3) is 0.250. The third kappa shape index (κ3) is 2.99. The Balaban J connectivity index is 1.73. The summed E-state index contributed by atoms with van der Waals surface area (Å²) >= 11 is 0. The summed E-state index contributed by atoms with van der Waals surface area (Å²) in [5.74, 6) is 0.774. The van der Waals surface area contributed by atoms with E-state index in [0.29, 0.717) is 5.56 Å². The molecular weight excluding hydrogens is 384 g/mol. The van der Waals surface area contributed by atoms with E-state index in [1.54, 1.807) is 12.1 Å². The summed E-state index contributed by atoms with van der Waals surface area (Å²) in [6.07, 6.45) is 10.1. The molecule has 3 aliphatic rings. The van der Waals surface area contributed by atoms with Gasteiger partial charge in [-0.3, -0.25) is 0 Å². The quantitative estimate of drug-likeness (QED) is 0.521. The zero-order valence-electron chi connectivity index (χ0n) is 17.4. The highest BCUT2D eigenvalue weighted by Crippen LogP contribution is 2.40. The SMILES string of the molecule is O=C(O)c1ccccc1C1=c2cc3c(cc2Oc2cc4c(cc21)CCCC4)=CCCC3. The molecule has 0 atom stereocenters. The molecule has 6 rings (SSSR count). The van der Waals surface area contributed by atoms with Gasteiger partial charge >= 0.3 is 5.97 Å². The monoisotopic (exact) mass is 408 g/mol. The summed E-state index contributed by atoms with van der Waals surface area (Å²) < 4.78 is 6.47. The molecule has 0 radical (unpaired) electrons. The van der Waals surface area contributed by atoms with Gasteiger partial charge in [-0.2, -0.15) is 0 Å². The van der Waals surface area contributed by atoms with Gasteiger partial charge in [-0.25, -0.2) is 4.79 Å². The summed E-state index contributed by atoms with van der Waals surface area (Å²) in [5, 5.41) is 12.2. The molecule has 0 saturated heterocycles. The third-order valence-corrected chi connectivity index (χ3v) is 6.89. The maximum atomic E-state index is 12.1. The van der Waals surface area contributed by atoms with E-state index in [1.807, 2.05) is 12.1 Å². The van der Waals surface area contributed by atoms with E-state index < -0.39 is 5.97 Å². The molecule has 0 spiro atoms. The second-order valence-corrected chi connectivity index (χ2v) is 8.80. The van der Waals surface area contributed by atoms with Gasteiger partial charge in [0.25, 0.3) is 0 Å². The van der Waals surface area contributed by atoms with Gasteiger partial charge in [0.05, 0.1) is 5.56 Å². The van der Waals surface area contributed by atoms with Crippen LogP contribution in [0.4, 0.5) is 0 Å². The summed E-state index contributed by atoms with van der Waals surface area (Å²) in [5.41, 5.74) is 7.14. The lowest BCUT2D eigenvalue weighted by molar-refractivity contribution is 0.0696. The van der Waals surface area contributed by atoms with E-state index in [1.165, 1.54) is 34.8 Å². The van der Waals surface area contributed by atoms with Crippen molar-refractivity contribution < 1.29 is 14.6 Å². The number of hydrogen-bond donors (Lipinski definition) is 1. The van der Waals surface area contributed by atoms with Crippen LogP contribution in [-0.2, 0) is 19.3 Å². The van der Waals surface area contributed by atoms with E-state index in [9.17, 15) is 9.90 Å². The van der Waals surface area contributed by atoms with Crippen LogP contribution in [0.15, 0.2) is 48.5 Å². The molecular formula is C28H24O3. The minimum atomic E-state index is -0.901. The molecule has 0 fully saturated rings. The molecule has 0 unspecified atom stereocenters. The average Bonchev–Trinajstić information content (AvgIpc) is 2.80. The van der Waals surface area contributed by atoms with Crippen LogP contribution >= 0.6 is 0 Å². The largest absolute Gasteiger partial charge is 0.478 e. The number of fused-ring (bicyclic) bond motifs is 4. The molecule has 3 aromatic carbocycles. The van der Waals surface area contributed by atoms with Crippen LogP contribution in [-0.4, -0.2) is 11.1 Å². The van der Waals surface area contributed by atoms with Crippen LogP contribution in [0, 0.1) is 0 Å². The zero-order chi connectivity index (χ0) is 20.9. The summed E-state index contributed by atoms with van der Waals surface area (Å²) in [4.78, 5) is 12.1. The van der Waals surface area contributed by atoms with Gasteiger partial charge in [-0.15, -0.1) is 0 Å². The molecule has 3 heteroatoms. The minimum absolute atomic E-state index is 0.332. The number of carboxylic acids is 1. The molecule has 3 nitrogen and oxygen atoms in total. The highest BCUT2D eigenvalue weighted by Gasteiger charge is 2.26. The first-order valence-corrected chi connectivity index (χ1v) is 11.2. The highest BCUT2D eigenvalue weighted by atomic mass is 16.5. The molecule has 1 N–H and O–H groups in total. The van der Waals surface area contributed by atoms with Crippen LogP contribution in [0.25, 0.3) is 11.6 Å². The second kappa shape index (κ2) is 7.12. The molecule has 0 amide bonds. The Kier molecular flexibility index (Phi) is 4.24. The van der Waals surface area contributed by atoms with Gasteiger partial charge in [0.15, 0.2) is 0 Å². The Bertz CT molecular complexity index is 1360. The Morgan fingerprint density at radius 1 is 0.806 bits per heavy atom. The first-order valence-electron chi connectivity index (χ1n) is 11.2. The molecule has 31 heavy (non-hydrogen) atoms. The van der Waals surface area contributed by atoms with Crippen LogP contribution in [0.2, 0.25) is 0 Å². The van der Waals surface area contributed by atoms with E-state index in [2.05, 4.69) is 30.3 Å². The second-order valence-electron chi connectivity index (χ2n) is 8.80. The highest BCUT2D eigenvalue weighted by molar-refractivity contribution is 5.98. The summed E-state index contributed by atoms with van der Waals surface area (Å²) in [6, 6.07) is 16.2. The first kappa shape index (κ1) is 18.4. The normalized spacial score (nSPS) is 16.2. The predicted octanol–water partition coefficient (Wildman–Crippen LogP) is 4.73. The van der Waals surface area contributed by atoms with Gasteiger partial charge in [0.1, 0.15) is 11.5 Å². The van der Waals surface area contributed by atoms with Crippen molar-refractivity contribution in [3.8, 4) is 11.5 Å². The van der Waals surface area contributed by atoms with Crippen molar-refractivity contribution in [1.29, 1.82) is 0 Å². The molecule has 2 aliphatic carbocycles. The molecule has 1 heterocycles. The lowest BCUT2D eigenvalue weighted by Crippen LogP contribution is -2.25. The van der Waals surface area contributed by atoms with Crippen molar-refractivity contribution in [1.82, 2.24) is 0 Å². The van der Waals surface area contributed by atoms with E-state index >= 15 is 0 Å². The Morgan fingerprint density at radius 2 is 1.58 bits per heavy atom. The number of carbonyl (C=O) groups is 1. The number of aryl methyl sites for hydroxylation is 3. The van der Waals surface area contributed by atoms with E-state index in [-0.39, 0.29) is 0 Å². The maximum Gasteiger partial charge on any atom is 0.336 e. The standard InChI is InChI=1S/C28H24O3/c29-28(30)22-12-6-5-11-21(22)27-23-13-17-7-1-3-9-19(17)15-25(23)31-26-16-20-10-4-2-8-18(20)14-24(26)27/h5-6,9,11-16H,1-4,7-8,10H2,(H,29,30). The maximum absolute atomic E-state index is 12.1. The Morgan fingerprint density at radius 3 is 2.42 bits per heavy atom. The Labute approximate surface area is 181 Å². The van der Waals surface area contributed by atoms with Crippen molar-refractivity contribution >= 4 is 17.6 Å². The molecule has 0 bridgehead atoms.